The van der Waals surface area contributed by atoms with Gasteiger partial charge in [-0.1, -0.05) is 32.4 Å². The van der Waals surface area contributed by atoms with Crippen LogP contribution in [0.2, 0.25) is 5.02 Å². The van der Waals surface area contributed by atoms with Crippen LogP contribution in [0.25, 0.3) is 0 Å². The molecule has 1 aliphatic rings. The van der Waals surface area contributed by atoms with Crippen LogP contribution in [-0.2, 0) is 22.3 Å². The maximum Gasteiger partial charge on any atom is 0.185 e. The van der Waals surface area contributed by atoms with Gasteiger partial charge in [0.2, 0.25) is 0 Å². The van der Waals surface area contributed by atoms with Gasteiger partial charge in [-0.15, -0.1) is 0 Å². The van der Waals surface area contributed by atoms with Crippen molar-refractivity contribution in [3.8, 4) is 0 Å². The van der Waals surface area contributed by atoms with E-state index in [1.165, 1.54) is 0 Å². The van der Waals surface area contributed by atoms with Crippen molar-refractivity contribution in [2.75, 3.05) is 6.54 Å². The van der Waals surface area contributed by atoms with Crippen molar-refractivity contribution >= 4 is 27.3 Å². The molecule has 0 bridgehead atoms. The van der Waals surface area contributed by atoms with Gasteiger partial charge in [-0.25, -0.2) is 8.42 Å². The predicted octanol–water partition coefficient (Wildman–Crippen LogP) is 3.34. The lowest BCUT2D eigenvalue weighted by Crippen LogP contribution is -2.52. The van der Waals surface area contributed by atoms with E-state index in [2.05, 4.69) is 36.2 Å². The van der Waals surface area contributed by atoms with Crippen LogP contribution in [0.1, 0.15) is 46.0 Å². The first-order chi connectivity index (χ1) is 12.8. The van der Waals surface area contributed by atoms with Crippen LogP contribution in [0.5, 0.6) is 0 Å². The van der Waals surface area contributed by atoms with Gasteiger partial charge in [0.05, 0.1) is 27.9 Å². The van der Waals surface area contributed by atoms with Crippen LogP contribution in [0.15, 0.2) is 40.2 Å². The fraction of sp³-hybridized carbons (Fsp3) is 0.500. The number of hydrogen-bond donors (Lipinski definition) is 1. The molecule has 0 fully saturated rings. The highest BCUT2D eigenvalue weighted by atomic mass is 35.5. The van der Waals surface area contributed by atoms with Crippen molar-refractivity contribution in [2.45, 2.75) is 55.7 Å². The third-order valence-electron chi connectivity index (χ3n) is 5.29. The van der Waals surface area contributed by atoms with Crippen LogP contribution in [-0.4, -0.2) is 41.4 Å². The molecule has 2 heterocycles. The summed E-state index contributed by atoms with van der Waals surface area (Å²) in [7, 11) is -1.72. The van der Waals surface area contributed by atoms with Gasteiger partial charge >= 0.3 is 0 Å². The third-order valence-corrected chi connectivity index (χ3v) is 8.10. The Labute approximate surface area is 171 Å². The minimum Gasteiger partial charge on any atom is -0.362 e. The van der Waals surface area contributed by atoms with E-state index in [4.69, 9.17) is 11.6 Å². The quantitative estimate of drug-likeness (QED) is 0.819. The molecule has 8 heteroatoms. The lowest BCUT2D eigenvalue weighted by Gasteiger charge is -2.31. The summed E-state index contributed by atoms with van der Waals surface area (Å²) in [6.07, 6.45) is 0. The van der Waals surface area contributed by atoms with E-state index in [1.54, 1.807) is 42.8 Å². The second-order valence-corrected chi connectivity index (χ2v) is 11.7. The lowest BCUT2D eigenvalue weighted by molar-refractivity contribution is 0.473. The topological polar surface area (TPSA) is 76.3 Å². The molecule has 1 N–H and O–H groups in total. The number of nitrogens with zero attached hydrogens (tertiary/aromatic N) is 3. The Kier molecular flexibility index (Phi) is 5.13. The molecular weight excluding hydrogens is 396 g/mol. The molecule has 0 saturated carbocycles. The summed E-state index contributed by atoms with van der Waals surface area (Å²) in [4.78, 5) is 4.85. The molecular formula is C20H27ClN4O2S. The number of rotatable bonds is 4. The summed E-state index contributed by atoms with van der Waals surface area (Å²) in [5.41, 5.74) is 1.74. The first-order valence-corrected chi connectivity index (χ1v) is 11.1. The first-order valence-electron chi connectivity index (χ1n) is 9.20. The van der Waals surface area contributed by atoms with E-state index < -0.39 is 14.6 Å². The number of sulfone groups is 1. The van der Waals surface area contributed by atoms with Gasteiger partial charge < -0.3 is 5.32 Å². The summed E-state index contributed by atoms with van der Waals surface area (Å²) >= 11 is 5.91. The summed E-state index contributed by atoms with van der Waals surface area (Å²) in [5.74, 6) is 0.676. The monoisotopic (exact) mass is 422 g/mol. The molecule has 1 unspecified atom stereocenters. The molecule has 1 atom stereocenters. The number of aliphatic imine (C=N–C) groups is 1. The molecule has 1 aliphatic heterocycles. The van der Waals surface area contributed by atoms with Gasteiger partial charge in [0.1, 0.15) is 11.5 Å². The standard InChI is InChI=1S/C20H27ClN4O2S/c1-19(2,3)16-11-15(25(6)24-16)18-22-12-17(23-18)20(4,5)28(26,27)14-9-7-13(21)8-10-14/h7-11,17H,12H2,1-6H3,(H,22,23). The number of benzene rings is 1. The minimum atomic E-state index is -3.59. The Hall–Kier alpha value is -1.86. The molecule has 152 valence electrons. The zero-order valence-corrected chi connectivity index (χ0v) is 18.7. The Balaban J connectivity index is 1.86. The van der Waals surface area contributed by atoms with E-state index in [9.17, 15) is 8.42 Å². The van der Waals surface area contributed by atoms with Gasteiger partial charge in [-0.3, -0.25) is 9.67 Å². The fourth-order valence-corrected chi connectivity index (χ4v) is 4.88. The Morgan fingerprint density at radius 1 is 1.14 bits per heavy atom. The Morgan fingerprint density at radius 2 is 1.75 bits per heavy atom. The molecule has 1 aromatic carbocycles. The molecule has 0 amide bonds. The van der Waals surface area contributed by atoms with E-state index in [-0.39, 0.29) is 16.4 Å². The van der Waals surface area contributed by atoms with E-state index >= 15 is 0 Å². The summed E-state index contributed by atoms with van der Waals surface area (Å²) in [6.45, 7) is 10.2. The van der Waals surface area contributed by atoms with Crippen LogP contribution >= 0.6 is 11.6 Å². The van der Waals surface area contributed by atoms with Crippen LogP contribution < -0.4 is 5.32 Å². The summed E-state index contributed by atoms with van der Waals surface area (Å²) < 4.78 is 27.2. The minimum absolute atomic E-state index is 0.0776. The summed E-state index contributed by atoms with van der Waals surface area (Å²) in [6, 6.07) is 7.95. The summed E-state index contributed by atoms with van der Waals surface area (Å²) in [5, 5.41) is 8.41. The van der Waals surface area contributed by atoms with E-state index in [0.717, 1.165) is 11.4 Å². The molecule has 0 aliphatic carbocycles. The smallest absolute Gasteiger partial charge is 0.185 e. The van der Waals surface area contributed by atoms with E-state index in [1.807, 2.05) is 13.1 Å². The highest BCUT2D eigenvalue weighted by molar-refractivity contribution is 7.92. The number of halogens is 1. The number of hydrogen-bond acceptors (Lipinski definition) is 5. The first kappa shape index (κ1) is 20.9. The number of aryl methyl sites for hydroxylation is 1. The highest BCUT2D eigenvalue weighted by Crippen LogP contribution is 2.31. The normalized spacial score (nSPS) is 18.1. The molecule has 0 radical (unpaired) electrons. The molecule has 6 nitrogen and oxygen atoms in total. The van der Waals surface area contributed by atoms with Gasteiger partial charge in [0.15, 0.2) is 9.84 Å². The van der Waals surface area contributed by atoms with Gasteiger partial charge in [0, 0.05) is 17.5 Å². The second-order valence-electron chi connectivity index (χ2n) is 8.74. The van der Waals surface area contributed by atoms with Crippen LogP contribution in [0.3, 0.4) is 0 Å². The third kappa shape index (κ3) is 3.57. The van der Waals surface area contributed by atoms with Gasteiger partial charge in [0.25, 0.3) is 0 Å². The fourth-order valence-electron chi connectivity index (χ4n) is 3.15. The predicted molar refractivity (Wildman–Crippen MR) is 113 cm³/mol. The number of amidine groups is 1. The maximum absolute atomic E-state index is 13.2. The molecule has 0 spiro atoms. The van der Waals surface area contributed by atoms with Crippen molar-refractivity contribution in [3.05, 3.63) is 46.7 Å². The largest absolute Gasteiger partial charge is 0.362 e. The van der Waals surface area contributed by atoms with Crippen molar-refractivity contribution in [2.24, 2.45) is 12.0 Å². The number of nitrogens with one attached hydrogen (secondary N) is 1. The highest BCUT2D eigenvalue weighted by Gasteiger charge is 2.45. The maximum atomic E-state index is 13.2. The molecule has 0 saturated heterocycles. The zero-order chi connectivity index (χ0) is 20.9. The SMILES string of the molecule is Cn1nc(C(C)(C)C)cc1C1=NCC(C(C)(C)S(=O)(=O)c2ccc(Cl)cc2)N1. The Morgan fingerprint density at radius 3 is 2.29 bits per heavy atom. The second kappa shape index (κ2) is 6.88. The Bertz CT molecular complexity index is 1020. The van der Waals surface area contributed by atoms with Gasteiger partial charge in [-0.05, 0) is 44.2 Å². The molecule has 28 heavy (non-hydrogen) atoms. The van der Waals surface area contributed by atoms with Crippen molar-refractivity contribution in [1.82, 2.24) is 15.1 Å². The molecule has 1 aromatic heterocycles. The van der Waals surface area contributed by atoms with Gasteiger partial charge in [-0.2, -0.15) is 5.10 Å². The van der Waals surface area contributed by atoms with E-state index in [0.29, 0.717) is 17.4 Å². The molecule has 2 aromatic rings. The zero-order valence-electron chi connectivity index (χ0n) is 17.1. The van der Waals surface area contributed by atoms with Crippen molar-refractivity contribution in [3.63, 3.8) is 0 Å². The van der Waals surface area contributed by atoms with Crippen LogP contribution in [0.4, 0.5) is 0 Å². The average molecular weight is 423 g/mol. The lowest BCUT2D eigenvalue weighted by atomic mass is 9.92. The van der Waals surface area contributed by atoms with Crippen LogP contribution in [0, 0.1) is 0 Å². The van der Waals surface area contributed by atoms with Crippen molar-refractivity contribution in [1.29, 1.82) is 0 Å². The number of aromatic nitrogens is 2. The molecule has 3 rings (SSSR count). The van der Waals surface area contributed by atoms with Crippen molar-refractivity contribution < 1.29 is 8.42 Å². The average Bonchev–Trinajstić information content (AvgIpc) is 3.21.